The van der Waals surface area contributed by atoms with Gasteiger partial charge in [-0.25, -0.2) is 13.1 Å². The number of nitrogens with two attached hydrogens (primary N) is 1. The van der Waals surface area contributed by atoms with Crippen molar-refractivity contribution < 1.29 is 12.6 Å². The lowest BCUT2D eigenvalue weighted by Gasteiger charge is -2.12. The standard InChI is InChI=1S/C11H19N3O3S2/c1-3-18(15)7-6-14-10-5-4-9(12)8-11(10)19(16,17)13-2/h4-5,8,13-14H,3,6-7,12H2,1-2H3. The summed E-state index contributed by atoms with van der Waals surface area (Å²) in [6.45, 7) is 2.28. The van der Waals surface area contributed by atoms with Crippen LogP contribution in [0.3, 0.4) is 0 Å². The minimum absolute atomic E-state index is 0.0947. The van der Waals surface area contributed by atoms with Crippen LogP contribution in [0.4, 0.5) is 11.4 Å². The molecule has 0 heterocycles. The molecule has 6 nitrogen and oxygen atoms in total. The van der Waals surface area contributed by atoms with Crippen LogP contribution >= 0.6 is 0 Å². The van der Waals surface area contributed by atoms with Crippen molar-refractivity contribution in [3.63, 3.8) is 0 Å². The molecule has 1 aromatic carbocycles. The predicted octanol–water partition coefficient (Wildman–Crippen LogP) is 0.357. The van der Waals surface area contributed by atoms with Gasteiger partial charge in [-0.1, -0.05) is 6.92 Å². The van der Waals surface area contributed by atoms with Crippen LogP contribution in [0.2, 0.25) is 0 Å². The van der Waals surface area contributed by atoms with Gasteiger partial charge >= 0.3 is 0 Å². The molecule has 8 heteroatoms. The third kappa shape index (κ3) is 4.48. The van der Waals surface area contributed by atoms with Crippen molar-refractivity contribution in [1.82, 2.24) is 4.72 Å². The van der Waals surface area contributed by atoms with Crippen molar-refractivity contribution in [2.24, 2.45) is 0 Å². The quantitative estimate of drug-likeness (QED) is 0.631. The van der Waals surface area contributed by atoms with E-state index < -0.39 is 20.8 Å². The third-order valence-electron chi connectivity index (χ3n) is 2.53. The Morgan fingerprint density at radius 2 is 2.05 bits per heavy atom. The summed E-state index contributed by atoms with van der Waals surface area (Å²) in [5.74, 6) is 1.06. The lowest BCUT2D eigenvalue weighted by atomic mass is 10.3. The molecule has 0 saturated carbocycles. The smallest absolute Gasteiger partial charge is 0.242 e. The minimum Gasteiger partial charge on any atom is -0.399 e. The first-order valence-corrected chi connectivity index (χ1v) is 8.79. The first-order chi connectivity index (χ1) is 8.90. The molecule has 0 radical (unpaired) electrons. The molecule has 0 fully saturated rings. The van der Waals surface area contributed by atoms with E-state index >= 15 is 0 Å². The van der Waals surface area contributed by atoms with Crippen molar-refractivity contribution in [2.45, 2.75) is 11.8 Å². The maximum atomic E-state index is 11.9. The number of benzene rings is 1. The van der Waals surface area contributed by atoms with Crippen LogP contribution in [-0.4, -0.2) is 37.7 Å². The molecule has 0 aromatic heterocycles. The van der Waals surface area contributed by atoms with Crippen LogP contribution in [0.25, 0.3) is 0 Å². The summed E-state index contributed by atoms with van der Waals surface area (Å²) in [7, 11) is -3.12. The van der Waals surface area contributed by atoms with E-state index in [9.17, 15) is 12.6 Å². The largest absolute Gasteiger partial charge is 0.399 e. The Labute approximate surface area is 116 Å². The number of nitrogen functional groups attached to an aromatic ring is 1. The van der Waals surface area contributed by atoms with Gasteiger partial charge in [-0.05, 0) is 25.2 Å². The SMILES string of the molecule is CCS(=O)CCNc1ccc(N)cc1S(=O)(=O)NC. The van der Waals surface area contributed by atoms with Crippen LogP contribution in [0.1, 0.15) is 6.92 Å². The lowest BCUT2D eigenvalue weighted by molar-refractivity contribution is 0.588. The zero-order valence-corrected chi connectivity index (χ0v) is 12.6. The highest BCUT2D eigenvalue weighted by Crippen LogP contribution is 2.23. The Morgan fingerprint density at radius 1 is 1.37 bits per heavy atom. The van der Waals surface area contributed by atoms with E-state index in [0.29, 0.717) is 29.4 Å². The van der Waals surface area contributed by atoms with Gasteiger partial charge in [0, 0.05) is 34.5 Å². The van der Waals surface area contributed by atoms with Crippen LogP contribution < -0.4 is 15.8 Å². The third-order valence-corrected chi connectivity index (χ3v) is 5.29. The minimum atomic E-state index is -3.58. The van der Waals surface area contributed by atoms with E-state index in [2.05, 4.69) is 10.0 Å². The van der Waals surface area contributed by atoms with Crippen molar-refractivity contribution in [3.05, 3.63) is 18.2 Å². The van der Waals surface area contributed by atoms with Gasteiger partial charge in [0.1, 0.15) is 4.90 Å². The van der Waals surface area contributed by atoms with E-state index in [1.165, 1.54) is 13.1 Å². The highest BCUT2D eigenvalue weighted by molar-refractivity contribution is 7.89. The molecule has 0 bridgehead atoms. The Kier molecular flexibility index (Phi) is 5.77. The number of hydrogen-bond acceptors (Lipinski definition) is 5. The van der Waals surface area contributed by atoms with E-state index in [-0.39, 0.29) is 4.90 Å². The van der Waals surface area contributed by atoms with Crippen molar-refractivity contribution in [3.8, 4) is 0 Å². The van der Waals surface area contributed by atoms with Gasteiger partial charge in [-0.3, -0.25) is 4.21 Å². The molecule has 0 aliphatic carbocycles. The fraction of sp³-hybridized carbons (Fsp3) is 0.455. The summed E-state index contributed by atoms with van der Waals surface area (Å²) in [6.07, 6.45) is 0. The predicted molar refractivity (Wildman–Crippen MR) is 79.1 cm³/mol. The molecule has 1 rings (SSSR count). The Bertz CT molecular complexity index is 558. The van der Waals surface area contributed by atoms with Crippen molar-refractivity contribution in [2.75, 3.05) is 36.1 Å². The Hall–Kier alpha value is -1.12. The second-order valence-electron chi connectivity index (χ2n) is 3.82. The number of nitrogens with one attached hydrogen (secondary N) is 2. The van der Waals surface area contributed by atoms with Gasteiger partial charge in [0.2, 0.25) is 10.0 Å². The normalized spacial score (nSPS) is 13.2. The van der Waals surface area contributed by atoms with Gasteiger partial charge in [0.25, 0.3) is 0 Å². The average Bonchev–Trinajstić information content (AvgIpc) is 2.40. The summed E-state index contributed by atoms with van der Waals surface area (Å²) < 4.78 is 37.3. The first kappa shape index (κ1) is 15.9. The molecular weight excluding hydrogens is 286 g/mol. The number of anilines is 2. The monoisotopic (exact) mass is 305 g/mol. The molecule has 19 heavy (non-hydrogen) atoms. The van der Waals surface area contributed by atoms with Gasteiger partial charge in [0.15, 0.2) is 0 Å². The zero-order chi connectivity index (χ0) is 14.5. The fourth-order valence-corrected chi connectivity index (χ4v) is 3.02. The highest BCUT2D eigenvalue weighted by atomic mass is 32.2. The molecule has 0 aliphatic heterocycles. The second-order valence-corrected chi connectivity index (χ2v) is 7.54. The van der Waals surface area contributed by atoms with Crippen LogP contribution in [0, 0.1) is 0 Å². The summed E-state index contributed by atoms with van der Waals surface area (Å²) in [4.78, 5) is 0.0947. The Balaban J connectivity index is 2.92. The van der Waals surface area contributed by atoms with Crippen molar-refractivity contribution >= 4 is 32.2 Å². The molecule has 1 aromatic rings. The number of rotatable bonds is 7. The lowest BCUT2D eigenvalue weighted by Crippen LogP contribution is -2.21. The molecule has 0 amide bonds. The van der Waals surface area contributed by atoms with E-state index in [4.69, 9.17) is 5.73 Å². The summed E-state index contributed by atoms with van der Waals surface area (Å²) in [6, 6.07) is 4.62. The van der Waals surface area contributed by atoms with Gasteiger partial charge < -0.3 is 11.1 Å². The number of hydrogen-bond donors (Lipinski definition) is 3. The summed E-state index contributed by atoms with van der Waals surface area (Å²) in [5.41, 5.74) is 6.44. The molecule has 0 aliphatic rings. The average molecular weight is 305 g/mol. The topological polar surface area (TPSA) is 101 Å². The molecule has 4 N–H and O–H groups in total. The molecule has 0 saturated heterocycles. The summed E-state index contributed by atoms with van der Waals surface area (Å²) in [5, 5.41) is 2.98. The number of sulfonamides is 1. The van der Waals surface area contributed by atoms with E-state index in [1.807, 2.05) is 6.92 Å². The van der Waals surface area contributed by atoms with Gasteiger partial charge in [0.05, 0.1) is 5.69 Å². The molecule has 108 valence electrons. The summed E-state index contributed by atoms with van der Waals surface area (Å²) >= 11 is 0. The van der Waals surface area contributed by atoms with Crippen molar-refractivity contribution in [1.29, 1.82) is 0 Å². The van der Waals surface area contributed by atoms with Crippen LogP contribution in [0.5, 0.6) is 0 Å². The molecule has 1 atom stereocenters. The van der Waals surface area contributed by atoms with E-state index in [1.54, 1.807) is 12.1 Å². The molecule has 0 spiro atoms. The van der Waals surface area contributed by atoms with E-state index in [0.717, 1.165) is 0 Å². The van der Waals surface area contributed by atoms with Gasteiger partial charge in [-0.2, -0.15) is 0 Å². The first-order valence-electron chi connectivity index (χ1n) is 5.82. The Morgan fingerprint density at radius 3 is 2.63 bits per heavy atom. The maximum Gasteiger partial charge on any atom is 0.242 e. The molecule has 1 unspecified atom stereocenters. The maximum absolute atomic E-state index is 11.9. The van der Waals surface area contributed by atoms with Crippen LogP contribution in [0.15, 0.2) is 23.1 Å². The van der Waals surface area contributed by atoms with Crippen LogP contribution in [-0.2, 0) is 20.8 Å². The molecular formula is C11H19N3O3S2. The second kappa shape index (κ2) is 6.88. The van der Waals surface area contributed by atoms with Gasteiger partial charge in [-0.15, -0.1) is 0 Å². The zero-order valence-electron chi connectivity index (χ0n) is 11.0. The fourth-order valence-electron chi connectivity index (χ4n) is 1.46. The highest BCUT2D eigenvalue weighted by Gasteiger charge is 2.16.